The van der Waals surface area contributed by atoms with Crippen molar-refractivity contribution in [3.05, 3.63) is 0 Å². The van der Waals surface area contributed by atoms with Crippen LogP contribution in [0.2, 0.25) is 0 Å². The summed E-state index contributed by atoms with van der Waals surface area (Å²) in [5, 5.41) is 3.50. The molecule has 0 aromatic heterocycles. The molecule has 0 bridgehead atoms. The molecule has 2 heterocycles. The fourth-order valence-corrected chi connectivity index (χ4v) is 4.59. The summed E-state index contributed by atoms with van der Waals surface area (Å²) < 4.78 is 11.3. The normalized spacial score (nSPS) is 25.5. The molecule has 3 aliphatic rings. The summed E-state index contributed by atoms with van der Waals surface area (Å²) in [6.07, 6.45) is 12.1. The molecule has 3 rings (SSSR count). The van der Waals surface area contributed by atoms with Crippen LogP contribution < -0.4 is 5.32 Å². The van der Waals surface area contributed by atoms with E-state index in [0.29, 0.717) is 11.5 Å². The van der Waals surface area contributed by atoms with E-state index in [1.165, 1.54) is 58.0 Å². The SMILES string of the molecule is CCNC(=NCCCOCC1CCCO1)N1CCC2(CCCCC2)C1.I. The van der Waals surface area contributed by atoms with Crippen LogP contribution in [0, 0.1) is 5.41 Å². The molecule has 1 unspecified atom stereocenters. The number of likely N-dealkylation sites (tertiary alicyclic amines) is 1. The molecule has 3 fully saturated rings. The number of guanidine groups is 1. The Balaban J connectivity index is 0.00000243. The molecule has 5 nitrogen and oxygen atoms in total. The van der Waals surface area contributed by atoms with Gasteiger partial charge in [-0.3, -0.25) is 4.99 Å². The fourth-order valence-electron chi connectivity index (χ4n) is 4.59. The quantitative estimate of drug-likeness (QED) is 0.261. The van der Waals surface area contributed by atoms with Gasteiger partial charge < -0.3 is 19.7 Å². The summed E-state index contributed by atoms with van der Waals surface area (Å²) in [4.78, 5) is 7.37. The van der Waals surface area contributed by atoms with E-state index in [9.17, 15) is 0 Å². The maximum absolute atomic E-state index is 5.75. The van der Waals surface area contributed by atoms with Crippen LogP contribution in [0.4, 0.5) is 0 Å². The summed E-state index contributed by atoms with van der Waals surface area (Å²) >= 11 is 0. The van der Waals surface area contributed by atoms with E-state index in [0.717, 1.165) is 51.7 Å². The summed E-state index contributed by atoms with van der Waals surface area (Å²) in [5.41, 5.74) is 0.582. The lowest BCUT2D eigenvalue weighted by Gasteiger charge is -2.33. The molecule has 0 radical (unpaired) electrons. The average Bonchev–Trinajstić information content (AvgIpc) is 3.28. The Labute approximate surface area is 176 Å². The van der Waals surface area contributed by atoms with Crippen LogP contribution in [-0.4, -0.2) is 63.0 Å². The lowest BCUT2D eigenvalue weighted by molar-refractivity contribution is 0.0170. The van der Waals surface area contributed by atoms with Gasteiger partial charge in [0.05, 0.1) is 12.7 Å². The van der Waals surface area contributed by atoms with Crippen LogP contribution in [-0.2, 0) is 9.47 Å². The number of aliphatic imine (C=N–C) groups is 1. The molecule has 0 amide bonds. The highest BCUT2D eigenvalue weighted by atomic mass is 127. The van der Waals surface area contributed by atoms with Gasteiger partial charge in [-0.2, -0.15) is 0 Å². The number of rotatable bonds is 7. The second kappa shape index (κ2) is 11.7. The highest BCUT2D eigenvalue weighted by Crippen LogP contribution is 2.43. The molecule has 6 heteroatoms. The van der Waals surface area contributed by atoms with Crippen molar-refractivity contribution >= 4 is 29.9 Å². The van der Waals surface area contributed by atoms with E-state index in [1.807, 2.05) is 0 Å². The summed E-state index contributed by atoms with van der Waals surface area (Å²) in [6.45, 7) is 8.75. The first-order valence-corrected chi connectivity index (χ1v) is 10.5. The lowest BCUT2D eigenvalue weighted by atomic mass is 9.73. The van der Waals surface area contributed by atoms with Crippen molar-refractivity contribution in [1.29, 1.82) is 0 Å². The number of nitrogens with one attached hydrogen (secondary N) is 1. The zero-order valence-electron chi connectivity index (χ0n) is 16.5. The number of ether oxygens (including phenoxy) is 2. The van der Waals surface area contributed by atoms with Crippen molar-refractivity contribution in [3.8, 4) is 0 Å². The third kappa shape index (κ3) is 6.51. The Morgan fingerprint density at radius 1 is 1.23 bits per heavy atom. The number of nitrogens with zero attached hydrogens (tertiary/aromatic N) is 2. The molecule has 1 spiro atoms. The maximum Gasteiger partial charge on any atom is 0.193 e. The van der Waals surface area contributed by atoms with Crippen LogP contribution in [0.15, 0.2) is 4.99 Å². The van der Waals surface area contributed by atoms with Gasteiger partial charge in [0.1, 0.15) is 0 Å². The van der Waals surface area contributed by atoms with E-state index in [2.05, 4.69) is 17.1 Å². The first-order chi connectivity index (χ1) is 12.3. The lowest BCUT2D eigenvalue weighted by Crippen LogP contribution is -2.41. The van der Waals surface area contributed by atoms with Gasteiger partial charge in [0.25, 0.3) is 0 Å². The fraction of sp³-hybridized carbons (Fsp3) is 0.950. The van der Waals surface area contributed by atoms with Crippen LogP contribution in [0.3, 0.4) is 0 Å². The van der Waals surface area contributed by atoms with Crippen molar-refractivity contribution in [2.24, 2.45) is 10.4 Å². The highest BCUT2D eigenvalue weighted by molar-refractivity contribution is 14.0. The molecule has 26 heavy (non-hydrogen) atoms. The minimum atomic E-state index is 0. The van der Waals surface area contributed by atoms with Gasteiger partial charge in [-0.15, -0.1) is 24.0 Å². The van der Waals surface area contributed by atoms with Crippen molar-refractivity contribution in [3.63, 3.8) is 0 Å². The molecule has 2 saturated heterocycles. The van der Waals surface area contributed by atoms with Crippen LogP contribution in [0.5, 0.6) is 0 Å². The van der Waals surface area contributed by atoms with Crippen molar-refractivity contribution in [2.45, 2.75) is 70.8 Å². The first-order valence-electron chi connectivity index (χ1n) is 10.5. The molecule has 1 atom stereocenters. The topological polar surface area (TPSA) is 46.1 Å². The minimum Gasteiger partial charge on any atom is -0.379 e. The van der Waals surface area contributed by atoms with E-state index >= 15 is 0 Å². The van der Waals surface area contributed by atoms with Crippen LogP contribution in [0.1, 0.15) is 64.7 Å². The van der Waals surface area contributed by atoms with Gasteiger partial charge >= 0.3 is 0 Å². The Morgan fingerprint density at radius 3 is 2.81 bits per heavy atom. The zero-order chi connectivity index (χ0) is 17.4. The van der Waals surface area contributed by atoms with Crippen molar-refractivity contribution < 1.29 is 9.47 Å². The molecule has 1 aliphatic carbocycles. The number of hydrogen-bond acceptors (Lipinski definition) is 3. The third-order valence-electron chi connectivity index (χ3n) is 6.02. The Bertz CT molecular complexity index is 421. The summed E-state index contributed by atoms with van der Waals surface area (Å²) in [7, 11) is 0. The number of hydrogen-bond donors (Lipinski definition) is 1. The monoisotopic (exact) mass is 479 g/mol. The Kier molecular flexibility index (Phi) is 9.99. The Hall–Kier alpha value is -0.0800. The van der Waals surface area contributed by atoms with E-state index in [1.54, 1.807) is 0 Å². The molecular weight excluding hydrogens is 441 g/mol. The predicted molar refractivity (Wildman–Crippen MR) is 118 cm³/mol. The van der Waals surface area contributed by atoms with Crippen molar-refractivity contribution in [2.75, 3.05) is 46.0 Å². The summed E-state index contributed by atoms with van der Waals surface area (Å²) in [5.74, 6) is 1.11. The standard InChI is InChI=1S/C20H37N3O2.HI/c1-2-21-19(22-12-7-14-24-16-18-8-6-15-25-18)23-13-11-20(17-23)9-4-3-5-10-20;/h18H,2-17H2,1H3,(H,21,22);1H. The van der Waals surface area contributed by atoms with Crippen molar-refractivity contribution in [1.82, 2.24) is 10.2 Å². The second-order valence-corrected chi connectivity index (χ2v) is 8.03. The zero-order valence-corrected chi connectivity index (χ0v) is 18.8. The maximum atomic E-state index is 5.75. The predicted octanol–water partition coefficient (Wildman–Crippen LogP) is 3.81. The van der Waals surface area contributed by atoms with E-state index < -0.39 is 0 Å². The van der Waals surface area contributed by atoms with Gasteiger partial charge in [-0.05, 0) is 50.9 Å². The molecule has 2 aliphatic heterocycles. The van der Waals surface area contributed by atoms with E-state index in [-0.39, 0.29) is 24.0 Å². The van der Waals surface area contributed by atoms with Gasteiger partial charge in [-0.25, -0.2) is 0 Å². The summed E-state index contributed by atoms with van der Waals surface area (Å²) in [6, 6.07) is 0. The molecular formula is C20H38IN3O2. The average molecular weight is 479 g/mol. The largest absolute Gasteiger partial charge is 0.379 e. The third-order valence-corrected chi connectivity index (χ3v) is 6.02. The molecule has 1 N–H and O–H groups in total. The first kappa shape index (κ1) is 22.2. The smallest absolute Gasteiger partial charge is 0.193 e. The van der Waals surface area contributed by atoms with Gasteiger partial charge in [0.2, 0.25) is 0 Å². The molecule has 0 aromatic rings. The Morgan fingerprint density at radius 2 is 2.08 bits per heavy atom. The molecule has 152 valence electrons. The highest BCUT2D eigenvalue weighted by Gasteiger charge is 2.39. The molecule has 0 aromatic carbocycles. The second-order valence-electron chi connectivity index (χ2n) is 8.03. The van der Waals surface area contributed by atoms with Gasteiger partial charge in [0, 0.05) is 39.4 Å². The number of halogens is 1. The van der Waals surface area contributed by atoms with Crippen LogP contribution >= 0.6 is 24.0 Å². The molecule has 1 saturated carbocycles. The van der Waals surface area contributed by atoms with E-state index in [4.69, 9.17) is 14.5 Å². The van der Waals surface area contributed by atoms with Gasteiger partial charge in [0.15, 0.2) is 5.96 Å². The van der Waals surface area contributed by atoms with Crippen LogP contribution in [0.25, 0.3) is 0 Å². The van der Waals surface area contributed by atoms with Gasteiger partial charge in [-0.1, -0.05) is 19.3 Å². The minimum absolute atomic E-state index is 0.